The Morgan fingerprint density at radius 2 is 1.95 bits per heavy atom. The lowest BCUT2D eigenvalue weighted by atomic mass is 9.91. The fourth-order valence-electron chi connectivity index (χ4n) is 4.74. The van der Waals surface area contributed by atoms with Crippen LogP contribution in [0, 0.1) is 0 Å². The number of nitrogens with zero attached hydrogens (tertiary/aromatic N) is 3. The predicted octanol–water partition coefficient (Wildman–Crippen LogP) is 7.39. The molecule has 1 atom stereocenters. The van der Waals surface area contributed by atoms with E-state index in [0.717, 1.165) is 30.6 Å². The van der Waals surface area contributed by atoms with E-state index in [0.29, 0.717) is 55.2 Å². The van der Waals surface area contributed by atoms with E-state index in [1.54, 1.807) is 44.7 Å². The Morgan fingerprint density at radius 1 is 1.17 bits per heavy atom. The quantitative estimate of drug-likeness (QED) is 0.102. The second kappa shape index (κ2) is 19.1. The zero-order valence-corrected chi connectivity index (χ0v) is 25.1. The first-order valence-corrected chi connectivity index (χ1v) is 14.5. The van der Waals surface area contributed by atoms with E-state index in [9.17, 15) is 14.0 Å². The molecular weight excluding hydrogens is 533 g/mol. The maximum Gasteiger partial charge on any atom is 0.303 e. The number of hydrogen-bond acceptors (Lipinski definition) is 5. The summed E-state index contributed by atoms with van der Waals surface area (Å²) in [5, 5.41) is 8.87. The van der Waals surface area contributed by atoms with Crippen LogP contribution in [0.15, 0.2) is 93.7 Å². The Bertz CT molecular complexity index is 1240. The number of carbonyl (C=O) groups is 2. The van der Waals surface area contributed by atoms with Crippen molar-refractivity contribution >= 4 is 24.3 Å². The van der Waals surface area contributed by atoms with Gasteiger partial charge < -0.3 is 14.7 Å². The highest BCUT2D eigenvalue weighted by Gasteiger charge is 2.24. The SMILES string of the molecule is C=CC(/N=C/C(/C=C\CF)=C/C)=C(\C=C(/C)C(=O)N1CCCC(c2ccccc2OC)CC1)/N=C/CCCCC(=O)O. The Labute approximate surface area is 249 Å². The van der Waals surface area contributed by atoms with Gasteiger partial charge in [-0.3, -0.25) is 19.6 Å². The van der Waals surface area contributed by atoms with E-state index in [-0.39, 0.29) is 12.3 Å². The van der Waals surface area contributed by atoms with E-state index >= 15 is 0 Å². The van der Waals surface area contributed by atoms with Crippen LogP contribution in [0.5, 0.6) is 5.75 Å². The summed E-state index contributed by atoms with van der Waals surface area (Å²) in [7, 11) is 1.69. The van der Waals surface area contributed by atoms with E-state index in [1.165, 1.54) is 11.6 Å². The van der Waals surface area contributed by atoms with Gasteiger partial charge in [0.2, 0.25) is 5.91 Å². The number of unbranched alkanes of at least 4 members (excludes halogenated alkanes) is 2. The Hall–Kier alpha value is -4.07. The van der Waals surface area contributed by atoms with Gasteiger partial charge in [-0.25, -0.2) is 4.39 Å². The molecule has 1 aliphatic rings. The predicted molar refractivity (Wildman–Crippen MR) is 169 cm³/mol. The molecule has 1 amide bonds. The van der Waals surface area contributed by atoms with Crippen molar-refractivity contribution in [3.63, 3.8) is 0 Å². The van der Waals surface area contributed by atoms with Crippen molar-refractivity contribution in [3.05, 3.63) is 89.3 Å². The largest absolute Gasteiger partial charge is 0.496 e. The summed E-state index contributed by atoms with van der Waals surface area (Å²) in [6, 6.07) is 8.07. The number of allylic oxidation sites excluding steroid dienone is 6. The third kappa shape index (κ3) is 11.4. The van der Waals surface area contributed by atoms with Crippen molar-refractivity contribution in [3.8, 4) is 5.75 Å². The highest BCUT2D eigenvalue weighted by molar-refractivity contribution is 5.93. The smallest absolute Gasteiger partial charge is 0.303 e. The summed E-state index contributed by atoms with van der Waals surface area (Å²) >= 11 is 0. The first-order valence-electron chi connectivity index (χ1n) is 14.5. The molecule has 0 saturated carbocycles. The first-order chi connectivity index (χ1) is 20.3. The lowest BCUT2D eigenvalue weighted by molar-refractivity contribution is -0.137. The number of carbonyl (C=O) groups excluding carboxylic acids is 1. The molecule has 1 unspecified atom stereocenters. The summed E-state index contributed by atoms with van der Waals surface area (Å²) in [6.45, 7) is 8.22. The summed E-state index contributed by atoms with van der Waals surface area (Å²) in [5.74, 6) is 0.320. The molecule has 0 bridgehead atoms. The van der Waals surface area contributed by atoms with Gasteiger partial charge in [-0.1, -0.05) is 43.0 Å². The molecule has 0 aromatic heterocycles. The molecule has 1 fully saturated rings. The number of aliphatic carboxylic acids is 1. The van der Waals surface area contributed by atoms with Crippen molar-refractivity contribution in [2.45, 2.75) is 64.7 Å². The number of rotatable bonds is 15. The molecule has 0 spiro atoms. The van der Waals surface area contributed by atoms with Crippen LogP contribution in [0.2, 0.25) is 0 Å². The molecule has 7 nitrogen and oxygen atoms in total. The molecule has 42 heavy (non-hydrogen) atoms. The van der Waals surface area contributed by atoms with E-state index in [4.69, 9.17) is 9.84 Å². The molecule has 8 heteroatoms. The topological polar surface area (TPSA) is 91.6 Å². The second-order valence-corrected chi connectivity index (χ2v) is 10.0. The van der Waals surface area contributed by atoms with Crippen molar-refractivity contribution in [1.29, 1.82) is 0 Å². The van der Waals surface area contributed by atoms with Gasteiger partial charge >= 0.3 is 5.97 Å². The van der Waals surface area contributed by atoms with Gasteiger partial charge in [0.25, 0.3) is 0 Å². The van der Waals surface area contributed by atoms with Gasteiger partial charge in [-0.05, 0) is 87.6 Å². The number of amides is 1. The minimum atomic E-state index is -0.822. The van der Waals surface area contributed by atoms with Crippen LogP contribution in [0.25, 0.3) is 0 Å². The lowest BCUT2D eigenvalue weighted by Gasteiger charge is -2.21. The highest BCUT2D eigenvalue weighted by atomic mass is 19.1. The fourth-order valence-corrected chi connectivity index (χ4v) is 4.74. The van der Waals surface area contributed by atoms with Crippen LogP contribution in [-0.2, 0) is 9.59 Å². The number of ether oxygens (including phenoxy) is 1. The number of alkyl halides is 1. The molecule has 1 N–H and O–H groups in total. The van der Waals surface area contributed by atoms with Gasteiger partial charge in [0, 0.05) is 37.5 Å². The van der Waals surface area contributed by atoms with Crippen LogP contribution in [0.1, 0.15) is 70.3 Å². The molecule has 2 rings (SSSR count). The second-order valence-electron chi connectivity index (χ2n) is 10.0. The number of methoxy groups -OCH3 is 1. The fraction of sp³-hybridized carbons (Fsp3) is 0.412. The number of hydrogen-bond donors (Lipinski definition) is 1. The molecule has 1 heterocycles. The number of carboxylic acids is 1. The monoisotopic (exact) mass is 577 g/mol. The van der Waals surface area contributed by atoms with Crippen LogP contribution in [-0.4, -0.2) is 61.2 Å². The minimum Gasteiger partial charge on any atom is -0.496 e. The average Bonchev–Trinajstić information content (AvgIpc) is 3.26. The van der Waals surface area contributed by atoms with Crippen molar-refractivity contribution < 1.29 is 23.8 Å². The van der Waals surface area contributed by atoms with E-state index in [2.05, 4.69) is 22.6 Å². The van der Waals surface area contributed by atoms with Crippen molar-refractivity contribution in [2.24, 2.45) is 9.98 Å². The molecular formula is C34H44FN3O4. The number of para-hydroxylation sites is 1. The van der Waals surface area contributed by atoms with Crippen molar-refractivity contribution in [2.75, 3.05) is 26.9 Å². The maximum absolute atomic E-state index is 13.6. The number of aliphatic imine (C=N–C) groups is 2. The summed E-state index contributed by atoms with van der Waals surface area (Å²) in [6.07, 6.45) is 16.1. The van der Waals surface area contributed by atoms with Crippen LogP contribution in [0.4, 0.5) is 4.39 Å². The van der Waals surface area contributed by atoms with E-state index in [1.807, 2.05) is 36.1 Å². The molecule has 0 radical (unpaired) electrons. The number of carboxylic acid groups (broad SMARTS) is 1. The number of benzene rings is 1. The number of likely N-dealkylation sites (tertiary alicyclic amines) is 1. The lowest BCUT2D eigenvalue weighted by Crippen LogP contribution is -2.32. The Morgan fingerprint density at radius 3 is 2.64 bits per heavy atom. The molecule has 0 aliphatic carbocycles. The van der Waals surface area contributed by atoms with Gasteiger partial charge in [-0.15, -0.1) is 0 Å². The Balaban J connectivity index is 2.28. The zero-order valence-electron chi connectivity index (χ0n) is 25.1. The van der Waals surface area contributed by atoms with Crippen LogP contribution < -0.4 is 4.74 Å². The minimum absolute atomic E-state index is 0.0581. The molecule has 1 aliphatic heterocycles. The third-order valence-corrected chi connectivity index (χ3v) is 7.03. The van der Waals surface area contributed by atoms with Gasteiger partial charge in [0.05, 0.1) is 18.5 Å². The van der Waals surface area contributed by atoms with Crippen LogP contribution in [0.3, 0.4) is 0 Å². The first kappa shape index (κ1) is 34.1. The van der Waals surface area contributed by atoms with Gasteiger partial charge in [0.1, 0.15) is 12.4 Å². The summed E-state index contributed by atoms with van der Waals surface area (Å²) < 4.78 is 18.2. The molecule has 1 aromatic rings. The molecule has 226 valence electrons. The van der Waals surface area contributed by atoms with Crippen molar-refractivity contribution in [1.82, 2.24) is 4.90 Å². The van der Waals surface area contributed by atoms with Gasteiger partial charge in [-0.2, -0.15) is 0 Å². The normalized spacial score (nSPS) is 17.5. The van der Waals surface area contributed by atoms with Gasteiger partial charge in [0.15, 0.2) is 0 Å². The highest BCUT2D eigenvalue weighted by Crippen LogP contribution is 2.34. The standard InChI is InChI=1S/C34H44FN3O4/c1-5-27(14-12-20-35)25-37-30(6-2)31(36-21-11-7-8-18-33(39)40)24-26(3)34(41)38-22-13-15-28(19-23-38)29-16-9-10-17-32(29)42-4/h5-6,9-10,12,14,16-17,21,24-25,28H,2,7-8,11,13,15,18-20,22-23H2,1,3-4H3,(H,39,40)/b14-12-,26-24+,27-5+,31-30-,36-21+,37-25+. The van der Waals surface area contributed by atoms with Crippen LogP contribution >= 0.6 is 0 Å². The molecule has 1 saturated heterocycles. The number of halogens is 1. The Kier molecular flexibility index (Phi) is 15.5. The summed E-state index contributed by atoms with van der Waals surface area (Å²) in [4.78, 5) is 35.4. The maximum atomic E-state index is 13.6. The van der Waals surface area contributed by atoms with E-state index < -0.39 is 12.6 Å². The third-order valence-electron chi connectivity index (χ3n) is 7.03. The zero-order chi connectivity index (χ0) is 30.7. The molecule has 1 aromatic carbocycles. The summed E-state index contributed by atoms with van der Waals surface area (Å²) in [5.41, 5.74) is 3.36. The average molecular weight is 578 g/mol.